The van der Waals surface area contributed by atoms with Gasteiger partial charge in [0.15, 0.2) is 0 Å². The van der Waals surface area contributed by atoms with Crippen LogP contribution in [0, 0.1) is 5.82 Å². The van der Waals surface area contributed by atoms with Gasteiger partial charge in [0.2, 0.25) is 0 Å². The second kappa shape index (κ2) is 13.2. The van der Waals surface area contributed by atoms with E-state index in [9.17, 15) is 14.0 Å². The lowest BCUT2D eigenvalue weighted by Gasteiger charge is -2.11. The molecule has 0 bridgehead atoms. The van der Waals surface area contributed by atoms with E-state index >= 15 is 0 Å². The standard InChI is InChI=1S/C22H20FN3O3.C3H8S/c1-15(22(28)29)25-21(27)18-4-2-16(3-5-18)12-19(13-26-11-10-24-14-26)17-6-8-20(23)9-7-17;1-3-4-2/h2-12,14-15H,13H2,1H3,(H,25,27)(H,28,29);3H2,1-2H3/b19-12-;. The van der Waals surface area contributed by atoms with Gasteiger partial charge >= 0.3 is 5.97 Å². The van der Waals surface area contributed by atoms with Gasteiger partial charge in [-0.3, -0.25) is 9.59 Å². The summed E-state index contributed by atoms with van der Waals surface area (Å²) >= 11 is 1.86. The highest BCUT2D eigenvalue weighted by Gasteiger charge is 2.15. The number of nitrogens with one attached hydrogen (secondary N) is 1. The van der Waals surface area contributed by atoms with Crippen LogP contribution in [-0.4, -0.2) is 44.6 Å². The van der Waals surface area contributed by atoms with Gasteiger partial charge in [-0.15, -0.1) is 0 Å². The number of carboxylic acid groups (broad SMARTS) is 1. The zero-order valence-electron chi connectivity index (χ0n) is 18.9. The van der Waals surface area contributed by atoms with Crippen LogP contribution in [0.3, 0.4) is 0 Å². The summed E-state index contributed by atoms with van der Waals surface area (Å²) in [6.07, 6.45) is 9.28. The molecule has 0 aliphatic heterocycles. The summed E-state index contributed by atoms with van der Waals surface area (Å²) in [5, 5.41) is 11.3. The number of carbonyl (C=O) groups is 2. The third-order valence-electron chi connectivity index (χ3n) is 4.65. The zero-order valence-corrected chi connectivity index (χ0v) is 19.7. The van der Waals surface area contributed by atoms with Crippen LogP contribution in [-0.2, 0) is 11.3 Å². The van der Waals surface area contributed by atoms with Crippen LogP contribution in [0.15, 0.2) is 67.3 Å². The number of hydrogen-bond acceptors (Lipinski definition) is 4. The number of amides is 1. The lowest BCUT2D eigenvalue weighted by molar-refractivity contribution is -0.138. The summed E-state index contributed by atoms with van der Waals surface area (Å²) in [5.41, 5.74) is 3.04. The van der Waals surface area contributed by atoms with Crippen molar-refractivity contribution in [2.24, 2.45) is 0 Å². The number of allylic oxidation sites excluding steroid dienone is 1. The highest BCUT2D eigenvalue weighted by molar-refractivity contribution is 7.98. The van der Waals surface area contributed by atoms with Crippen molar-refractivity contribution in [3.05, 3.63) is 89.8 Å². The Labute approximate surface area is 197 Å². The second-order valence-electron chi connectivity index (χ2n) is 7.14. The average molecular weight is 470 g/mol. The van der Waals surface area contributed by atoms with Crippen LogP contribution >= 0.6 is 11.8 Å². The fourth-order valence-electron chi connectivity index (χ4n) is 2.73. The predicted octanol–water partition coefficient (Wildman–Crippen LogP) is 4.84. The van der Waals surface area contributed by atoms with E-state index in [-0.39, 0.29) is 5.82 Å². The number of aliphatic carboxylic acids is 1. The monoisotopic (exact) mass is 469 g/mol. The largest absolute Gasteiger partial charge is 0.480 e. The molecule has 8 heteroatoms. The lowest BCUT2D eigenvalue weighted by atomic mass is 10.0. The molecule has 1 aromatic heterocycles. The fraction of sp³-hybridized carbons (Fsp3) is 0.240. The van der Waals surface area contributed by atoms with Crippen molar-refractivity contribution in [3.8, 4) is 0 Å². The predicted molar refractivity (Wildman–Crippen MR) is 132 cm³/mol. The van der Waals surface area contributed by atoms with Crippen LogP contribution in [0.5, 0.6) is 0 Å². The first-order valence-corrected chi connectivity index (χ1v) is 11.8. The topological polar surface area (TPSA) is 84.2 Å². The number of hydrogen-bond donors (Lipinski definition) is 2. The number of benzene rings is 2. The molecule has 0 radical (unpaired) electrons. The first kappa shape index (κ1) is 25.9. The number of carbonyl (C=O) groups excluding carboxylic acids is 1. The van der Waals surface area contributed by atoms with E-state index in [0.717, 1.165) is 16.7 Å². The van der Waals surface area contributed by atoms with Crippen molar-refractivity contribution in [1.29, 1.82) is 0 Å². The van der Waals surface area contributed by atoms with Gasteiger partial charge < -0.3 is 15.0 Å². The van der Waals surface area contributed by atoms with Gasteiger partial charge in [-0.2, -0.15) is 11.8 Å². The zero-order chi connectivity index (χ0) is 24.2. The Bertz CT molecular complexity index is 1050. The van der Waals surface area contributed by atoms with Gasteiger partial charge in [0, 0.05) is 24.5 Å². The van der Waals surface area contributed by atoms with Crippen molar-refractivity contribution < 1.29 is 19.1 Å². The third kappa shape index (κ3) is 8.57. The first-order valence-electron chi connectivity index (χ1n) is 10.4. The van der Waals surface area contributed by atoms with Crippen molar-refractivity contribution in [1.82, 2.24) is 14.9 Å². The number of thioether (sulfide) groups is 1. The van der Waals surface area contributed by atoms with E-state index < -0.39 is 17.9 Å². The Morgan fingerprint density at radius 1 is 1.15 bits per heavy atom. The molecule has 0 aliphatic carbocycles. The van der Waals surface area contributed by atoms with Gasteiger partial charge in [0.05, 0.1) is 6.33 Å². The number of imidazole rings is 1. The third-order valence-corrected chi connectivity index (χ3v) is 5.22. The number of halogens is 1. The quantitative estimate of drug-likeness (QED) is 0.462. The van der Waals surface area contributed by atoms with Crippen molar-refractivity contribution >= 4 is 35.3 Å². The number of rotatable bonds is 8. The summed E-state index contributed by atoms with van der Waals surface area (Å²) in [4.78, 5) is 27.0. The van der Waals surface area contributed by atoms with Crippen LogP contribution in [0.25, 0.3) is 11.6 Å². The molecule has 2 N–H and O–H groups in total. The van der Waals surface area contributed by atoms with Crippen LogP contribution in [0.2, 0.25) is 0 Å². The molecule has 0 fully saturated rings. The Balaban J connectivity index is 0.000000890. The van der Waals surface area contributed by atoms with Crippen LogP contribution < -0.4 is 5.32 Å². The summed E-state index contributed by atoms with van der Waals surface area (Å²) in [6, 6.07) is 12.1. The van der Waals surface area contributed by atoms with Gasteiger partial charge in [0.25, 0.3) is 5.91 Å². The minimum absolute atomic E-state index is 0.304. The molecule has 3 rings (SSSR count). The smallest absolute Gasteiger partial charge is 0.325 e. The first-order chi connectivity index (χ1) is 15.8. The lowest BCUT2D eigenvalue weighted by Crippen LogP contribution is -2.38. The molecule has 0 saturated carbocycles. The molecular formula is C25H28FN3O3S. The molecule has 2 aromatic carbocycles. The average Bonchev–Trinajstić information content (AvgIpc) is 3.33. The summed E-state index contributed by atoms with van der Waals surface area (Å²) in [7, 11) is 0. The Morgan fingerprint density at radius 3 is 2.27 bits per heavy atom. The van der Waals surface area contributed by atoms with Gasteiger partial charge in [0.1, 0.15) is 11.9 Å². The van der Waals surface area contributed by atoms with Crippen LogP contribution in [0.1, 0.15) is 35.3 Å². The Morgan fingerprint density at radius 2 is 1.76 bits per heavy atom. The SMILES string of the molecule is CC(NC(=O)c1ccc(/C=C(/Cn2ccnc2)c2ccc(F)cc2)cc1)C(=O)O.CCSC. The number of nitrogens with zero attached hydrogens (tertiary/aromatic N) is 2. The number of aromatic nitrogens is 2. The van der Waals surface area contributed by atoms with E-state index in [0.29, 0.717) is 12.1 Å². The van der Waals surface area contributed by atoms with E-state index in [1.54, 1.807) is 48.9 Å². The molecule has 3 aromatic rings. The van der Waals surface area contributed by atoms with Crippen molar-refractivity contribution in [2.45, 2.75) is 26.4 Å². The summed E-state index contributed by atoms with van der Waals surface area (Å²) in [6.45, 7) is 4.09. The minimum Gasteiger partial charge on any atom is -0.480 e. The molecule has 1 heterocycles. The van der Waals surface area contributed by atoms with E-state index in [1.807, 2.05) is 28.6 Å². The van der Waals surface area contributed by atoms with Crippen LogP contribution in [0.4, 0.5) is 4.39 Å². The normalized spacial score (nSPS) is 11.8. The minimum atomic E-state index is -1.10. The Hall–Kier alpha value is -3.39. The number of carboxylic acids is 1. The second-order valence-corrected chi connectivity index (χ2v) is 8.30. The fourth-order valence-corrected chi connectivity index (χ4v) is 2.73. The maximum absolute atomic E-state index is 13.3. The van der Waals surface area contributed by atoms with Gasteiger partial charge in [-0.25, -0.2) is 9.37 Å². The molecular weight excluding hydrogens is 441 g/mol. The summed E-state index contributed by atoms with van der Waals surface area (Å²) < 4.78 is 15.2. The Kier molecular flexibility index (Phi) is 10.4. The van der Waals surface area contributed by atoms with E-state index in [1.165, 1.54) is 24.8 Å². The maximum Gasteiger partial charge on any atom is 0.325 e. The van der Waals surface area contributed by atoms with E-state index in [4.69, 9.17) is 5.11 Å². The highest BCUT2D eigenvalue weighted by Crippen LogP contribution is 2.21. The van der Waals surface area contributed by atoms with E-state index in [2.05, 4.69) is 23.5 Å². The van der Waals surface area contributed by atoms with Crippen molar-refractivity contribution in [2.75, 3.05) is 12.0 Å². The molecule has 174 valence electrons. The molecule has 1 amide bonds. The molecule has 0 saturated heterocycles. The molecule has 33 heavy (non-hydrogen) atoms. The summed E-state index contributed by atoms with van der Waals surface area (Å²) in [5.74, 6) is -0.615. The van der Waals surface area contributed by atoms with Crippen molar-refractivity contribution in [3.63, 3.8) is 0 Å². The molecule has 1 unspecified atom stereocenters. The molecule has 1 atom stereocenters. The highest BCUT2D eigenvalue weighted by atomic mass is 32.2. The van der Waals surface area contributed by atoms with Gasteiger partial charge in [-0.1, -0.05) is 31.2 Å². The van der Waals surface area contributed by atoms with Gasteiger partial charge in [-0.05, 0) is 66.0 Å². The molecule has 6 nitrogen and oxygen atoms in total. The maximum atomic E-state index is 13.3. The molecule has 0 spiro atoms. The molecule has 0 aliphatic rings.